The molecule has 0 bridgehead atoms. The summed E-state index contributed by atoms with van der Waals surface area (Å²) in [6.45, 7) is 5.75. The molecule has 51 valence electrons. The molecular formula is C9H15. The predicted molar refractivity (Wildman–Crippen MR) is 43.2 cm³/mol. The van der Waals surface area contributed by atoms with Gasteiger partial charge in [-0.2, -0.15) is 0 Å². The van der Waals surface area contributed by atoms with Crippen LogP contribution in [-0.4, -0.2) is 0 Å². The monoisotopic (exact) mass is 123 g/mol. The molecule has 0 N–H and O–H groups in total. The quantitative estimate of drug-likeness (QED) is 0.398. The van der Waals surface area contributed by atoms with Gasteiger partial charge in [0.1, 0.15) is 0 Å². The van der Waals surface area contributed by atoms with Gasteiger partial charge in [-0.25, -0.2) is 0 Å². The minimum absolute atomic E-state index is 1.12. The van der Waals surface area contributed by atoms with Crippen molar-refractivity contribution in [3.63, 3.8) is 0 Å². The summed E-state index contributed by atoms with van der Waals surface area (Å²) < 4.78 is 0. The van der Waals surface area contributed by atoms with E-state index in [0.29, 0.717) is 0 Å². The second-order valence-corrected chi connectivity index (χ2v) is 1.93. The van der Waals surface area contributed by atoms with E-state index in [1.54, 1.807) is 0 Å². The number of hydrogen-bond donors (Lipinski definition) is 0. The van der Waals surface area contributed by atoms with Crippen LogP contribution < -0.4 is 0 Å². The van der Waals surface area contributed by atoms with E-state index in [9.17, 15) is 0 Å². The number of unbranched alkanes of at least 4 members (excludes halogenated alkanes) is 1. The number of hydrogen-bond acceptors (Lipinski definition) is 0. The van der Waals surface area contributed by atoms with Crippen molar-refractivity contribution in [3.05, 3.63) is 31.2 Å². The second kappa shape index (κ2) is 7.48. The van der Waals surface area contributed by atoms with Crippen molar-refractivity contribution in [2.24, 2.45) is 0 Å². The topological polar surface area (TPSA) is 0 Å². The van der Waals surface area contributed by atoms with Crippen molar-refractivity contribution in [1.82, 2.24) is 0 Å². The van der Waals surface area contributed by atoms with Gasteiger partial charge in [-0.1, -0.05) is 31.2 Å². The molecule has 0 aromatic heterocycles. The maximum atomic E-state index is 3.60. The Balaban J connectivity index is 2.99. The highest BCUT2D eigenvalue weighted by Gasteiger charge is 1.72. The third-order valence-corrected chi connectivity index (χ3v) is 1.07. The first-order valence-electron chi connectivity index (χ1n) is 3.51. The van der Waals surface area contributed by atoms with Crippen LogP contribution in [0.2, 0.25) is 0 Å². The van der Waals surface area contributed by atoms with Gasteiger partial charge >= 0.3 is 0 Å². The first-order chi connectivity index (χ1) is 4.41. The molecule has 0 heteroatoms. The zero-order valence-corrected chi connectivity index (χ0v) is 6.14. The Hall–Kier alpha value is -0.520. The fraction of sp³-hybridized carbons (Fsp3) is 0.444. The molecule has 0 amide bonds. The Morgan fingerprint density at radius 3 is 2.33 bits per heavy atom. The van der Waals surface area contributed by atoms with Crippen molar-refractivity contribution in [2.45, 2.75) is 26.2 Å². The first-order valence-corrected chi connectivity index (χ1v) is 3.51. The molecule has 0 aromatic carbocycles. The summed E-state index contributed by atoms with van der Waals surface area (Å²) in [5.74, 6) is 0. The van der Waals surface area contributed by atoms with E-state index in [4.69, 9.17) is 0 Å². The summed E-state index contributed by atoms with van der Waals surface area (Å²) in [6, 6.07) is 0. The molecule has 0 spiro atoms. The Kier molecular flexibility index (Phi) is 7.05. The SMILES string of the molecule is [CH2]/C=C/CC/C=C/CC. The summed E-state index contributed by atoms with van der Waals surface area (Å²) in [7, 11) is 0. The average Bonchev–Trinajstić information content (AvgIpc) is 1.89. The number of allylic oxidation sites excluding steroid dienone is 4. The lowest BCUT2D eigenvalue weighted by atomic mass is 10.2. The molecule has 1 radical (unpaired) electrons. The summed E-state index contributed by atoms with van der Waals surface area (Å²) in [5.41, 5.74) is 0. The maximum absolute atomic E-state index is 3.60. The zero-order valence-electron chi connectivity index (χ0n) is 6.14. The molecule has 0 unspecified atom stereocenters. The highest BCUT2D eigenvalue weighted by atomic mass is 13.8. The van der Waals surface area contributed by atoms with E-state index >= 15 is 0 Å². The summed E-state index contributed by atoms with van der Waals surface area (Å²) in [6.07, 6.45) is 11.8. The highest BCUT2D eigenvalue weighted by Crippen LogP contribution is 1.92. The van der Waals surface area contributed by atoms with Gasteiger partial charge in [-0.15, -0.1) is 0 Å². The van der Waals surface area contributed by atoms with Gasteiger partial charge in [0.2, 0.25) is 0 Å². The van der Waals surface area contributed by atoms with Crippen LogP contribution in [0.4, 0.5) is 0 Å². The Bertz CT molecular complexity index is 88.2. The third kappa shape index (κ3) is 7.48. The lowest BCUT2D eigenvalue weighted by molar-refractivity contribution is 1.04. The molecule has 0 aliphatic carbocycles. The normalized spacial score (nSPS) is 11.8. The molecule has 0 saturated carbocycles. The summed E-state index contributed by atoms with van der Waals surface area (Å²) in [4.78, 5) is 0. The van der Waals surface area contributed by atoms with E-state index in [1.807, 2.05) is 6.08 Å². The standard InChI is InChI=1S/C9H15/c1-3-5-7-9-8-6-4-2/h3,5-6,8H,1,4,7,9H2,2H3/b5-3+,8-6+. The largest absolute Gasteiger partial charge is 0.0888 e. The average molecular weight is 123 g/mol. The van der Waals surface area contributed by atoms with Gasteiger partial charge in [-0.3, -0.25) is 0 Å². The third-order valence-electron chi connectivity index (χ3n) is 1.07. The van der Waals surface area contributed by atoms with E-state index < -0.39 is 0 Å². The molecule has 0 rings (SSSR count). The summed E-state index contributed by atoms with van der Waals surface area (Å²) >= 11 is 0. The van der Waals surface area contributed by atoms with Crippen LogP contribution in [0.15, 0.2) is 24.3 Å². The van der Waals surface area contributed by atoms with Crippen LogP contribution in [0.25, 0.3) is 0 Å². The Morgan fingerprint density at radius 2 is 1.78 bits per heavy atom. The van der Waals surface area contributed by atoms with Crippen LogP contribution >= 0.6 is 0 Å². The maximum Gasteiger partial charge on any atom is -0.0316 e. The molecule has 0 aromatic rings. The van der Waals surface area contributed by atoms with E-state index in [2.05, 4.69) is 32.1 Å². The van der Waals surface area contributed by atoms with Gasteiger partial charge in [0.25, 0.3) is 0 Å². The molecule has 0 atom stereocenters. The summed E-state index contributed by atoms with van der Waals surface area (Å²) in [5, 5.41) is 0. The lowest BCUT2D eigenvalue weighted by Crippen LogP contribution is -1.62. The molecule has 0 heterocycles. The van der Waals surface area contributed by atoms with Crippen molar-refractivity contribution >= 4 is 0 Å². The van der Waals surface area contributed by atoms with Gasteiger partial charge in [0.15, 0.2) is 0 Å². The molecule has 0 nitrogen and oxygen atoms in total. The van der Waals surface area contributed by atoms with Crippen molar-refractivity contribution in [3.8, 4) is 0 Å². The van der Waals surface area contributed by atoms with E-state index in [-0.39, 0.29) is 0 Å². The molecule has 0 fully saturated rings. The van der Waals surface area contributed by atoms with Crippen LogP contribution in [0.3, 0.4) is 0 Å². The molecular weight excluding hydrogens is 108 g/mol. The minimum atomic E-state index is 1.12. The first kappa shape index (κ1) is 8.48. The second-order valence-electron chi connectivity index (χ2n) is 1.93. The van der Waals surface area contributed by atoms with Gasteiger partial charge in [-0.05, 0) is 26.2 Å². The van der Waals surface area contributed by atoms with Crippen molar-refractivity contribution in [2.75, 3.05) is 0 Å². The molecule has 0 aliphatic rings. The van der Waals surface area contributed by atoms with E-state index in [0.717, 1.165) is 19.3 Å². The molecule has 0 saturated heterocycles. The zero-order chi connectivity index (χ0) is 6.95. The van der Waals surface area contributed by atoms with Gasteiger partial charge < -0.3 is 0 Å². The Morgan fingerprint density at radius 1 is 1.11 bits per heavy atom. The number of rotatable bonds is 4. The fourth-order valence-corrected chi connectivity index (χ4v) is 0.595. The highest BCUT2D eigenvalue weighted by molar-refractivity contribution is 4.88. The molecule has 0 aliphatic heterocycles. The van der Waals surface area contributed by atoms with Crippen molar-refractivity contribution < 1.29 is 0 Å². The lowest BCUT2D eigenvalue weighted by Gasteiger charge is -1.83. The van der Waals surface area contributed by atoms with Crippen LogP contribution in [0.1, 0.15) is 26.2 Å². The van der Waals surface area contributed by atoms with Gasteiger partial charge in [0.05, 0.1) is 0 Å². The minimum Gasteiger partial charge on any atom is -0.0888 e. The van der Waals surface area contributed by atoms with Gasteiger partial charge in [0, 0.05) is 0 Å². The van der Waals surface area contributed by atoms with Crippen LogP contribution in [0.5, 0.6) is 0 Å². The smallest absolute Gasteiger partial charge is 0.0316 e. The van der Waals surface area contributed by atoms with Crippen LogP contribution in [-0.2, 0) is 0 Å². The van der Waals surface area contributed by atoms with Crippen LogP contribution in [0, 0.1) is 6.92 Å². The fourth-order valence-electron chi connectivity index (χ4n) is 0.595. The predicted octanol–water partition coefficient (Wildman–Crippen LogP) is 3.12. The van der Waals surface area contributed by atoms with E-state index in [1.165, 1.54) is 0 Å². The Labute approximate surface area is 58.3 Å². The molecule has 9 heavy (non-hydrogen) atoms. The van der Waals surface area contributed by atoms with Crippen molar-refractivity contribution in [1.29, 1.82) is 0 Å².